The van der Waals surface area contributed by atoms with Crippen molar-refractivity contribution in [3.05, 3.63) is 33.1 Å². The molecule has 2 rings (SSSR count). The highest BCUT2D eigenvalue weighted by molar-refractivity contribution is 7.90. The van der Waals surface area contributed by atoms with E-state index in [-0.39, 0.29) is 37.5 Å². The van der Waals surface area contributed by atoms with Gasteiger partial charge in [-0.25, -0.2) is 18.3 Å². The first-order valence-electron chi connectivity index (χ1n) is 6.75. The van der Waals surface area contributed by atoms with Crippen LogP contribution in [0.2, 0.25) is 10.0 Å². The number of aryl methyl sites for hydroxylation is 1. The van der Waals surface area contributed by atoms with Crippen molar-refractivity contribution < 1.29 is 22.4 Å². The summed E-state index contributed by atoms with van der Waals surface area (Å²) in [4.78, 5) is 16.6. The second-order valence-electron chi connectivity index (χ2n) is 5.22. The molecule has 1 heterocycles. The van der Waals surface area contributed by atoms with Crippen LogP contribution in [0, 0.1) is 12.7 Å². The van der Waals surface area contributed by atoms with E-state index in [1.807, 2.05) is 0 Å². The molecule has 1 aromatic heterocycles. The molecule has 2 aromatic rings. The maximum atomic E-state index is 14.7. The molecule has 0 unspecified atom stereocenters. The molecule has 1 N–H and O–H groups in total. The summed E-state index contributed by atoms with van der Waals surface area (Å²) in [7, 11) is -1.10. The van der Waals surface area contributed by atoms with Crippen molar-refractivity contribution in [3.8, 4) is 11.3 Å². The number of benzene rings is 1. The maximum absolute atomic E-state index is 14.7. The van der Waals surface area contributed by atoms with Gasteiger partial charge in [0.15, 0.2) is 14.9 Å². The average molecular weight is 410 g/mol. The number of sulfone groups is 1. The molecule has 7 nitrogen and oxygen atoms in total. The fourth-order valence-corrected chi connectivity index (χ4v) is 4.16. The van der Waals surface area contributed by atoms with E-state index in [1.54, 1.807) is 0 Å². The third kappa shape index (κ3) is 3.50. The van der Waals surface area contributed by atoms with Crippen molar-refractivity contribution in [2.75, 3.05) is 13.4 Å². The molecule has 11 heteroatoms. The molecular formula is C14H14Cl2FN3O4S. The van der Waals surface area contributed by atoms with E-state index in [0.29, 0.717) is 0 Å². The van der Waals surface area contributed by atoms with Crippen LogP contribution < -0.4 is 5.48 Å². The van der Waals surface area contributed by atoms with Gasteiger partial charge < -0.3 is 0 Å². The summed E-state index contributed by atoms with van der Waals surface area (Å²) >= 11 is 12.1. The van der Waals surface area contributed by atoms with Crippen molar-refractivity contribution >= 4 is 38.9 Å². The van der Waals surface area contributed by atoms with Gasteiger partial charge in [0.25, 0.3) is 5.91 Å². The topological polar surface area (TPSA) is 90.3 Å². The van der Waals surface area contributed by atoms with E-state index in [1.165, 1.54) is 21.1 Å². The molecule has 0 radical (unpaired) electrons. The highest BCUT2D eigenvalue weighted by Gasteiger charge is 2.27. The van der Waals surface area contributed by atoms with Crippen LogP contribution in [0.4, 0.5) is 4.39 Å². The predicted octanol–water partition coefficient (Wildman–Crippen LogP) is 2.54. The Labute approximate surface area is 153 Å². The lowest BCUT2D eigenvalue weighted by atomic mass is 10.0. The molecule has 1 aromatic carbocycles. The van der Waals surface area contributed by atoms with E-state index < -0.39 is 21.6 Å². The zero-order chi connectivity index (χ0) is 19.1. The molecule has 0 aliphatic heterocycles. The molecule has 0 saturated carbocycles. The zero-order valence-electron chi connectivity index (χ0n) is 13.6. The van der Waals surface area contributed by atoms with Crippen LogP contribution in [0.1, 0.15) is 15.9 Å². The van der Waals surface area contributed by atoms with Crippen LogP contribution in [0.3, 0.4) is 0 Å². The summed E-state index contributed by atoms with van der Waals surface area (Å²) in [5, 5.41) is 3.37. The van der Waals surface area contributed by atoms with E-state index in [9.17, 15) is 17.6 Å². The molecule has 0 aliphatic rings. The number of nitrogens with one attached hydrogen (secondary N) is 1. The van der Waals surface area contributed by atoms with Crippen molar-refractivity contribution in [2.24, 2.45) is 7.05 Å². The zero-order valence-corrected chi connectivity index (χ0v) is 16.0. The van der Waals surface area contributed by atoms with Gasteiger partial charge in [0.2, 0.25) is 0 Å². The lowest BCUT2D eigenvalue weighted by Gasteiger charge is -2.11. The highest BCUT2D eigenvalue weighted by atomic mass is 35.5. The number of amides is 1. The molecular weight excluding hydrogens is 396 g/mol. The quantitative estimate of drug-likeness (QED) is 0.783. The number of rotatable bonds is 4. The number of halogens is 3. The lowest BCUT2D eigenvalue weighted by Crippen LogP contribution is -2.22. The largest absolute Gasteiger partial charge is 0.277 e. The van der Waals surface area contributed by atoms with Gasteiger partial charge in [-0.2, -0.15) is 5.10 Å². The van der Waals surface area contributed by atoms with E-state index in [4.69, 9.17) is 23.2 Å². The first-order valence-corrected chi connectivity index (χ1v) is 9.40. The Hall–Kier alpha value is -1.68. The molecule has 25 heavy (non-hydrogen) atoms. The molecule has 0 saturated heterocycles. The summed E-state index contributed by atoms with van der Waals surface area (Å²) in [6.45, 7) is 1.37. The minimum absolute atomic E-state index is 0.0111. The minimum atomic E-state index is -3.70. The van der Waals surface area contributed by atoms with Crippen LogP contribution in [-0.2, 0) is 21.7 Å². The van der Waals surface area contributed by atoms with Gasteiger partial charge in [-0.1, -0.05) is 23.2 Å². The summed E-state index contributed by atoms with van der Waals surface area (Å²) in [6, 6.07) is 1.14. The van der Waals surface area contributed by atoms with Crippen LogP contribution >= 0.6 is 23.2 Å². The average Bonchev–Trinajstić information content (AvgIpc) is 2.80. The number of hydroxylamine groups is 1. The Bertz CT molecular complexity index is 973. The van der Waals surface area contributed by atoms with Gasteiger partial charge in [0.1, 0.15) is 16.5 Å². The third-order valence-electron chi connectivity index (χ3n) is 3.41. The molecule has 1 amide bonds. The number of aromatic nitrogens is 2. The summed E-state index contributed by atoms with van der Waals surface area (Å²) in [6.07, 6.45) is 0.959. The van der Waals surface area contributed by atoms with E-state index >= 15 is 0 Å². The Morgan fingerprint density at radius 3 is 2.44 bits per heavy atom. The molecule has 0 atom stereocenters. The number of nitrogens with zero attached hydrogens (tertiary/aromatic N) is 2. The van der Waals surface area contributed by atoms with Crippen LogP contribution in [0.15, 0.2) is 11.1 Å². The number of carbonyl (C=O) groups excluding carboxylic acids is 1. The SMILES string of the molecule is CONC(=O)c1cc(-c2nn(C)c(S(C)(=O)=O)c2Cl)c(F)c(C)c1Cl. The first kappa shape index (κ1) is 19.6. The molecule has 0 bridgehead atoms. The fourth-order valence-electron chi connectivity index (χ4n) is 2.31. The monoisotopic (exact) mass is 409 g/mol. The van der Waals surface area contributed by atoms with Gasteiger partial charge in [-0.3, -0.25) is 14.3 Å². The lowest BCUT2D eigenvalue weighted by molar-refractivity contribution is 0.0537. The summed E-state index contributed by atoms with van der Waals surface area (Å²) in [5.41, 5.74) is 1.73. The Kier molecular flexibility index (Phi) is 5.43. The van der Waals surface area contributed by atoms with Crippen LogP contribution in [0.25, 0.3) is 11.3 Å². The second-order valence-corrected chi connectivity index (χ2v) is 7.91. The minimum Gasteiger partial charge on any atom is -0.277 e. The van der Waals surface area contributed by atoms with Crippen molar-refractivity contribution in [2.45, 2.75) is 11.9 Å². The van der Waals surface area contributed by atoms with Gasteiger partial charge in [0.05, 0.1) is 17.7 Å². The number of hydrogen-bond donors (Lipinski definition) is 1. The van der Waals surface area contributed by atoms with Crippen LogP contribution in [0.5, 0.6) is 0 Å². The molecule has 0 fully saturated rings. The Balaban J connectivity index is 2.79. The third-order valence-corrected chi connectivity index (χ3v) is 5.53. The number of carbonyl (C=O) groups is 1. The van der Waals surface area contributed by atoms with Crippen LogP contribution in [-0.4, -0.2) is 37.5 Å². The Morgan fingerprint density at radius 2 is 1.96 bits per heavy atom. The smallest absolute Gasteiger partial charge is 0.276 e. The molecule has 136 valence electrons. The fraction of sp³-hybridized carbons (Fsp3) is 0.286. The van der Waals surface area contributed by atoms with Crippen molar-refractivity contribution in [1.82, 2.24) is 15.3 Å². The van der Waals surface area contributed by atoms with Gasteiger partial charge >= 0.3 is 0 Å². The number of hydrogen-bond acceptors (Lipinski definition) is 5. The highest BCUT2D eigenvalue weighted by Crippen LogP contribution is 2.37. The predicted molar refractivity (Wildman–Crippen MR) is 90.9 cm³/mol. The summed E-state index contributed by atoms with van der Waals surface area (Å²) < 4.78 is 39.4. The second kappa shape index (κ2) is 6.91. The van der Waals surface area contributed by atoms with Crippen molar-refractivity contribution in [3.63, 3.8) is 0 Å². The van der Waals surface area contributed by atoms with Gasteiger partial charge in [-0.15, -0.1) is 0 Å². The van der Waals surface area contributed by atoms with E-state index in [2.05, 4.69) is 15.4 Å². The normalized spacial score (nSPS) is 11.6. The molecule has 0 aliphatic carbocycles. The first-order chi connectivity index (χ1) is 11.5. The summed E-state index contributed by atoms with van der Waals surface area (Å²) in [5.74, 6) is -1.47. The standard InChI is InChI=1S/C14H14Cl2FN3O4S/c1-6-9(15)7(13(21)19-24-3)5-8(11(6)17)12-10(16)14(20(2)18-12)25(4,22)23/h5H,1-4H3,(H,19,21). The van der Waals surface area contributed by atoms with E-state index in [0.717, 1.165) is 17.0 Å². The molecule has 0 spiro atoms. The Morgan fingerprint density at radius 1 is 1.36 bits per heavy atom. The maximum Gasteiger partial charge on any atom is 0.276 e. The van der Waals surface area contributed by atoms with Crippen molar-refractivity contribution in [1.29, 1.82) is 0 Å². The van der Waals surface area contributed by atoms with Gasteiger partial charge in [0, 0.05) is 24.4 Å². The van der Waals surface area contributed by atoms with Gasteiger partial charge in [-0.05, 0) is 13.0 Å².